The first-order chi connectivity index (χ1) is 13.5. The largest absolute Gasteiger partial charge is 0.405 e. The second-order valence-corrected chi connectivity index (χ2v) is 13.3. The van der Waals surface area contributed by atoms with Crippen LogP contribution in [0.25, 0.3) is 0 Å². The molecule has 1 saturated heterocycles. The van der Waals surface area contributed by atoms with Gasteiger partial charge in [0.15, 0.2) is 0 Å². The summed E-state index contributed by atoms with van der Waals surface area (Å²) in [6.45, 7) is 25.4. The van der Waals surface area contributed by atoms with Gasteiger partial charge >= 0.3 is 7.75 Å². The van der Waals surface area contributed by atoms with Crippen LogP contribution >= 0.6 is 7.75 Å². The van der Waals surface area contributed by atoms with Crippen molar-refractivity contribution in [3.05, 3.63) is 11.3 Å². The average molecular weight is 442 g/mol. The fraction of sp³-hybridized carbons (Fsp3) is 0.870. The molecule has 0 aromatic heterocycles. The Labute approximate surface area is 184 Å². The van der Waals surface area contributed by atoms with Crippen molar-refractivity contribution >= 4 is 13.6 Å². The minimum absolute atomic E-state index is 0.00958. The first kappa shape index (κ1) is 25.6. The highest BCUT2D eigenvalue weighted by Gasteiger charge is 2.47. The van der Waals surface area contributed by atoms with Crippen LogP contribution in [0.15, 0.2) is 16.3 Å². The lowest BCUT2D eigenvalue weighted by molar-refractivity contribution is 0.207. The van der Waals surface area contributed by atoms with Gasteiger partial charge < -0.3 is 4.90 Å². The summed E-state index contributed by atoms with van der Waals surface area (Å²) in [6.07, 6.45) is 0.790. The van der Waals surface area contributed by atoms with E-state index in [-0.39, 0.29) is 28.3 Å². The normalized spacial score (nSPS) is 23.7. The van der Waals surface area contributed by atoms with Crippen LogP contribution in [0.1, 0.15) is 82.6 Å². The van der Waals surface area contributed by atoms with Gasteiger partial charge in [0.2, 0.25) is 0 Å². The molecular formula is C23H44N3O3P. The van der Waals surface area contributed by atoms with E-state index < -0.39 is 7.75 Å². The van der Waals surface area contributed by atoms with Crippen molar-refractivity contribution in [3.63, 3.8) is 0 Å². The fourth-order valence-corrected chi connectivity index (χ4v) is 5.98. The second kappa shape index (κ2) is 8.69. The van der Waals surface area contributed by atoms with Crippen molar-refractivity contribution < 1.29 is 13.6 Å². The zero-order chi connectivity index (χ0) is 23.1. The third kappa shape index (κ3) is 5.56. The SMILES string of the molecule is CCOP(=O)(NC1CC2=C(C(C)(C)C)C(C(C)(C)C)N=C(C(C)(C)C)N2C1)OCC. The number of fused-ring (bicyclic) bond motifs is 1. The summed E-state index contributed by atoms with van der Waals surface area (Å²) in [7, 11) is -3.33. The Morgan fingerprint density at radius 3 is 1.93 bits per heavy atom. The predicted molar refractivity (Wildman–Crippen MR) is 126 cm³/mol. The van der Waals surface area contributed by atoms with E-state index in [4.69, 9.17) is 14.0 Å². The van der Waals surface area contributed by atoms with Crippen LogP contribution in [-0.4, -0.2) is 42.6 Å². The summed E-state index contributed by atoms with van der Waals surface area (Å²) in [6, 6.07) is 0.0925. The highest BCUT2D eigenvalue weighted by Crippen LogP contribution is 2.50. The van der Waals surface area contributed by atoms with E-state index in [0.29, 0.717) is 19.8 Å². The molecule has 174 valence electrons. The zero-order valence-electron chi connectivity index (χ0n) is 21.0. The van der Waals surface area contributed by atoms with Crippen molar-refractivity contribution in [2.24, 2.45) is 21.2 Å². The molecule has 0 aromatic carbocycles. The molecule has 0 radical (unpaired) electrons. The van der Waals surface area contributed by atoms with Gasteiger partial charge in [0.25, 0.3) is 0 Å². The summed E-state index contributed by atoms with van der Waals surface area (Å²) < 4.78 is 24.1. The predicted octanol–water partition coefficient (Wildman–Crippen LogP) is 6.00. The van der Waals surface area contributed by atoms with Crippen LogP contribution < -0.4 is 5.09 Å². The number of nitrogens with one attached hydrogen (secondary N) is 1. The Morgan fingerprint density at radius 2 is 1.53 bits per heavy atom. The number of nitrogens with zero attached hydrogens (tertiary/aromatic N) is 2. The summed E-state index contributed by atoms with van der Waals surface area (Å²) in [4.78, 5) is 7.71. The van der Waals surface area contributed by atoms with Gasteiger partial charge in [-0.15, -0.1) is 0 Å². The maximum absolute atomic E-state index is 13.1. The third-order valence-corrected chi connectivity index (χ3v) is 7.38. The molecule has 2 aliphatic heterocycles. The van der Waals surface area contributed by atoms with Crippen LogP contribution in [0, 0.1) is 16.2 Å². The lowest BCUT2D eigenvalue weighted by Crippen LogP contribution is -2.47. The van der Waals surface area contributed by atoms with Crippen LogP contribution in [0.2, 0.25) is 0 Å². The number of hydrogen-bond donors (Lipinski definition) is 1. The van der Waals surface area contributed by atoms with E-state index in [1.807, 2.05) is 13.8 Å². The highest BCUT2D eigenvalue weighted by molar-refractivity contribution is 7.51. The highest BCUT2D eigenvalue weighted by atomic mass is 31.2. The van der Waals surface area contributed by atoms with E-state index in [9.17, 15) is 4.57 Å². The molecule has 1 N–H and O–H groups in total. The Balaban J connectivity index is 2.54. The molecule has 6 nitrogen and oxygen atoms in total. The van der Waals surface area contributed by atoms with E-state index in [2.05, 4.69) is 72.3 Å². The van der Waals surface area contributed by atoms with Crippen molar-refractivity contribution in [2.75, 3.05) is 19.8 Å². The van der Waals surface area contributed by atoms with Crippen molar-refractivity contribution in [2.45, 2.75) is 94.7 Å². The molecule has 0 aromatic rings. The van der Waals surface area contributed by atoms with Gasteiger partial charge in [0, 0.05) is 30.1 Å². The summed E-state index contributed by atoms with van der Waals surface area (Å²) in [5.41, 5.74) is 2.61. The smallest absolute Gasteiger partial charge is 0.332 e. The maximum Gasteiger partial charge on any atom is 0.405 e. The molecule has 2 rings (SSSR count). The first-order valence-corrected chi connectivity index (χ1v) is 12.8. The number of amidine groups is 1. The van der Waals surface area contributed by atoms with E-state index >= 15 is 0 Å². The van der Waals surface area contributed by atoms with Gasteiger partial charge in [-0.1, -0.05) is 62.3 Å². The Bertz CT molecular complexity index is 728. The zero-order valence-corrected chi connectivity index (χ0v) is 21.9. The topological polar surface area (TPSA) is 63.2 Å². The maximum atomic E-state index is 13.1. The van der Waals surface area contributed by atoms with Gasteiger partial charge in [-0.25, -0.2) is 9.65 Å². The number of hydrogen-bond acceptors (Lipinski definition) is 5. The molecule has 0 bridgehead atoms. The van der Waals surface area contributed by atoms with Crippen LogP contribution in [-0.2, 0) is 13.6 Å². The lowest BCUT2D eigenvalue weighted by atomic mass is 9.70. The molecule has 30 heavy (non-hydrogen) atoms. The molecular weight excluding hydrogens is 397 g/mol. The number of rotatable bonds is 6. The molecule has 0 saturated carbocycles. The van der Waals surface area contributed by atoms with Crippen LogP contribution in [0.4, 0.5) is 0 Å². The second-order valence-electron chi connectivity index (χ2n) is 11.6. The van der Waals surface area contributed by atoms with Crippen LogP contribution in [0.3, 0.4) is 0 Å². The van der Waals surface area contributed by atoms with Crippen molar-refractivity contribution in [1.29, 1.82) is 0 Å². The van der Waals surface area contributed by atoms with Gasteiger partial charge in [-0.05, 0) is 30.3 Å². The molecule has 2 unspecified atom stereocenters. The molecule has 0 aliphatic carbocycles. The van der Waals surface area contributed by atoms with Crippen molar-refractivity contribution in [1.82, 2.24) is 9.99 Å². The summed E-state index contributed by atoms with van der Waals surface area (Å²) in [5, 5.41) is 3.23. The monoisotopic (exact) mass is 441 g/mol. The quantitative estimate of drug-likeness (QED) is 0.512. The molecule has 2 atom stereocenters. The van der Waals surface area contributed by atoms with Gasteiger partial charge in [-0.3, -0.25) is 14.0 Å². The standard InChI is InChI=1S/C23H44N3O3P/c1-12-28-30(27,29-13-2)25-16-14-17-18(21(3,4)5)19(22(6,7)8)24-20(23(9,10)11)26(17)15-16/h16,19H,12-15H2,1-11H3,(H,25,27). The van der Waals surface area contributed by atoms with Gasteiger partial charge in [0.05, 0.1) is 19.3 Å². The van der Waals surface area contributed by atoms with Crippen molar-refractivity contribution in [3.8, 4) is 0 Å². The first-order valence-electron chi connectivity index (χ1n) is 11.3. The average Bonchev–Trinajstić information content (AvgIpc) is 2.92. The Hall–Kier alpha value is -0.680. The molecule has 2 heterocycles. The molecule has 2 aliphatic rings. The summed E-state index contributed by atoms with van der Waals surface area (Å²) in [5.74, 6) is 1.11. The minimum Gasteiger partial charge on any atom is -0.332 e. The van der Waals surface area contributed by atoms with E-state index in [1.165, 1.54) is 11.3 Å². The summed E-state index contributed by atoms with van der Waals surface area (Å²) >= 11 is 0. The van der Waals surface area contributed by atoms with E-state index in [1.54, 1.807) is 0 Å². The third-order valence-electron chi connectivity index (χ3n) is 5.50. The van der Waals surface area contributed by atoms with Gasteiger partial charge in [0.1, 0.15) is 5.84 Å². The fourth-order valence-electron chi connectivity index (χ4n) is 4.45. The minimum atomic E-state index is -3.33. The van der Waals surface area contributed by atoms with E-state index in [0.717, 1.165) is 12.3 Å². The lowest BCUT2D eigenvalue weighted by Gasteiger charge is -2.45. The van der Waals surface area contributed by atoms with Crippen LogP contribution in [0.5, 0.6) is 0 Å². The molecule has 0 spiro atoms. The Kier molecular flexibility index (Phi) is 7.41. The molecule has 7 heteroatoms. The molecule has 0 amide bonds. The number of aliphatic imine (C=N–C) groups is 1. The molecule has 1 fully saturated rings. The van der Waals surface area contributed by atoms with Gasteiger partial charge in [-0.2, -0.15) is 0 Å². The Morgan fingerprint density at radius 1 is 1.00 bits per heavy atom.